The first-order valence-electron chi connectivity index (χ1n) is 4.52. The lowest BCUT2D eigenvalue weighted by Crippen LogP contribution is -2.10. The molecule has 0 aliphatic carbocycles. The van der Waals surface area contributed by atoms with Crippen LogP contribution in [0.1, 0.15) is 19.8 Å². The van der Waals surface area contributed by atoms with E-state index < -0.39 is 0 Å². The Bertz CT molecular complexity index is 337. The standard InChI is InChI=1S/C10H14N2O2/c1-2-3-10(14)12-8-5-4-7(11)6-9(8)13/h4-6,13H,2-3,11H2,1H3,(H,12,14). The molecule has 0 atom stereocenters. The average molecular weight is 194 g/mol. The van der Waals surface area contributed by atoms with Gasteiger partial charge >= 0.3 is 0 Å². The van der Waals surface area contributed by atoms with Crippen LogP contribution in [0.3, 0.4) is 0 Å². The maximum absolute atomic E-state index is 11.2. The fourth-order valence-corrected chi connectivity index (χ4v) is 1.09. The van der Waals surface area contributed by atoms with Crippen molar-refractivity contribution in [3.8, 4) is 5.75 Å². The minimum absolute atomic E-state index is 0.00514. The van der Waals surface area contributed by atoms with Crippen LogP contribution in [-0.2, 0) is 4.79 Å². The normalized spacial score (nSPS) is 9.79. The van der Waals surface area contributed by atoms with E-state index in [1.54, 1.807) is 12.1 Å². The summed E-state index contributed by atoms with van der Waals surface area (Å²) in [4.78, 5) is 11.2. The third kappa shape index (κ3) is 2.65. The topological polar surface area (TPSA) is 75.4 Å². The molecule has 0 aliphatic heterocycles. The van der Waals surface area contributed by atoms with Gasteiger partial charge in [-0.1, -0.05) is 6.92 Å². The van der Waals surface area contributed by atoms with Crippen molar-refractivity contribution in [2.45, 2.75) is 19.8 Å². The molecule has 0 fully saturated rings. The summed E-state index contributed by atoms with van der Waals surface area (Å²) in [6, 6.07) is 4.61. The highest BCUT2D eigenvalue weighted by molar-refractivity contribution is 5.92. The largest absolute Gasteiger partial charge is 0.506 e. The quantitative estimate of drug-likeness (QED) is 0.506. The fraction of sp³-hybridized carbons (Fsp3) is 0.300. The van der Waals surface area contributed by atoms with Gasteiger partial charge in [-0.15, -0.1) is 0 Å². The van der Waals surface area contributed by atoms with Gasteiger partial charge in [0, 0.05) is 18.2 Å². The van der Waals surface area contributed by atoms with E-state index in [-0.39, 0.29) is 11.7 Å². The zero-order chi connectivity index (χ0) is 10.6. The Morgan fingerprint density at radius 1 is 1.57 bits per heavy atom. The summed E-state index contributed by atoms with van der Waals surface area (Å²) in [5.74, 6) is -0.109. The number of amides is 1. The van der Waals surface area contributed by atoms with Crippen molar-refractivity contribution < 1.29 is 9.90 Å². The molecule has 1 amide bonds. The minimum atomic E-state index is -0.104. The van der Waals surface area contributed by atoms with E-state index in [0.717, 1.165) is 6.42 Å². The molecular formula is C10H14N2O2. The van der Waals surface area contributed by atoms with Gasteiger partial charge in [0.2, 0.25) is 5.91 Å². The number of hydrogen-bond acceptors (Lipinski definition) is 3. The van der Waals surface area contributed by atoms with E-state index in [1.807, 2.05) is 6.92 Å². The van der Waals surface area contributed by atoms with Crippen LogP contribution in [0.15, 0.2) is 18.2 Å². The molecule has 1 aromatic carbocycles. The molecule has 4 nitrogen and oxygen atoms in total. The highest BCUT2D eigenvalue weighted by Gasteiger charge is 2.04. The predicted octanol–water partition coefficient (Wildman–Crippen LogP) is 1.71. The zero-order valence-electron chi connectivity index (χ0n) is 8.08. The number of rotatable bonds is 3. The van der Waals surface area contributed by atoms with Gasteiger partial charge in [0.15, 0.2) is 0 Å². The number of hydrogen-bond donors (Lipinski definition) is 3. The monoisotopic (exact) mass is 194 g/mol. The van der Waals surface area contributed by atoms with Crippen LogP contribution in [0.25, 0.3) is 0 Å². The van der Waals surface area contributed by atoms with Crippen LogP contribution in [0, 0.1) is 0 Å². The van der Waals surface area contributed by atoms with Crippen molar-refractivity contribution in [1.29, 1.82) is 0 Å². The Morgan fingerprint density at radius 2 is 2.29 bits per heavy atom. The lowest BCUT2D eigenvalue weighted by molar-refractivity contribution is -0.116. The van der Waals surface area contributed by atoms with Crippen LogP contribution in [-0.4, -0.2) is 11.0 Å². The third-order valence-corrected chi connectivity index (χ3v) is 1.77. The summed E-state index contributed by atoms with van der Waals surface area (Å²) in [5.41, 5.74) is 6.31. The summed E-state index contributed by atoms with van der Waals surface area (Å²) < 4.78 is 0. The molecule has 0 heterocycles. The molecule has 76 valence electrons. The zero-order valence-corrected chi connectivity index (χ0v) is 8.08. The number of phenolic OH excluding ortho intramolecular Hbond substituents is 1. The van der Waals surface area contributed by atoms with Crippen molar-refractivity contribution in [2.75, 3.05) is 11.1 Å². The van der Waals surface area contributed by atoms with Gasteiger partial charge in [-0.2, -0.15) is 0 Å². The summed E-state index contributed by atoms with van der Waals surface area (Å²) >= 11 is 0. The second kappa shape index (κ2) is 4.50. The first-order valence-corrected chi connectivity index (χ1v) is 4.52. The molecule has 1 rings (SSSR count). The Labute approximate surface area is 82.7 Å². The number of phenols is 1. The van der Waals surface area contributed by atoms with Crippen molar-refractivity contribution in [2.24, 2.45) is 0 Å². The number of carbonyl (C=O) groups is 1. The number of anilines is 2. The second-order valence-corrected chi connectivity index (χ2v) is 3.07. The SMILES string of the molecule is CCCC(=O)Nc1ccc(N)cc1O. The van der Waals surface area contributed by atoms with Gasteiger partial charge in [0.25, 0.3) is 0 Å². The minimum Gasteiger partial charge on any atom is -0.506 e. The number of nitrogen functional groups attached to an aromatic ring is 1. The first kappa shape index (κ1) is 10.4. The van der Waals surface area contributed by atoms with E-state index >= 15 is 0 Å². The van der Waals surface area contributed by atoms with Crippen molar-refractivity contribution >= 4 is 17.3 Å². The molecule has 14 heavy (non-hydrogen) atoms. The highest BCUT2D eigenvalue weighted by Crippen LogP contribution is 2.25. The Morgan fingerprint density at radius 3 is 2.86 bits per heavy atom. The Balaban J connectivity index is 2.72. The summed E-state index contributed by atoms with van der Waals surface area (Å²) in [5, 5.41) is 12.0. The molecule has 0 saturated carbocycles. The van der Waals surface area contributed by atoms with Gasteiger partial charge in [-0.3, -0.25) is 4.79 Å². The summed E-state index contributed by atoms with van der Waals surface area (Å²) in [6.07, 6.45) is 1.23. The average Bonchev–Trinajstić information content (AvgIpc) is 2.10. The molecule has 0 bridgehead atoms. The number of benzene rings is 1. The van der Waals surface area contributed by atoms with Gasteiger partial charge in [0.05, 0.1) is 5.69 Å². The van der Waals surface area contributed by atoms with Crippen LogP contribution in [0.5, 0.6) is 5.75 Å². The molecule has 4 N–H and O–H groups in total. The van der Waals surface area contributed by atoms with E-state index in [1.165, 1.54) is 6.07 Å². The molecule has 1 aromatic rings. The van der Waals surface area contributed by atoms with Gasteiger partial charge < -0.3 is 16.2 Å². The Hall–Kier alpha value is -1.71. The molecule has 0 radical (unpaired) electrons. The molecular weight excluding hydrogens is 180 g/mol. The van der Waals surface area contributed by atoms with Gasteiger partial charge in [0.1, 0.15) is 5.75 Å². The molecule has 0 saturated heterocycles. The van der Waals surface area contributed by atoms with Gasteiger partial charge in [-0.05, 0) is 18.6 Å². The smallest absolute Gasteiger partial charge is 0.224 e. The number of aromatic hydroxyl groups is 1. The number of carbonyl (C=O) groups excluding carboxylic acids is 1. The maximum Gasteiger partial charge on any atom is 0.224 e. The summed E-state index contributed by atoms with van der Waals surface area (Å²) in [7, 11) is 0. The predicted molar refractivity (Wildman–Crippen MR) is 56.1 cm³/mol. The number of nitrogens with two attached hydrogens (primary N) is 1. The van der Waals surface area contributed by atoms with E-state index in [9.17, 15) is 9.90 Å². The maximum atomic E-state index is 11.2. The molecule has 0 aliphatic rings. The van der Waals surface area contributed by atoms with Crippen LogP contribution in [0.4, 0.5) is 11.4 Å². The lowest BCUT2D eigenvalue weighted by atomic mass is 10.2. The van der Waals surface area contributed by atoms with Crippen molar-refractivity contribution in [3.63, 3.8) is 0 Å². The number of nitrogens with one attached hydrogen (secondary N) is 1. The lowest BCUT2D eigenvalue weighted by Gasteiger charge is -2.06. The van der Waals surface area contributed by atoms with E-state index in [4.69, 9.17) is 5.73 Å². The summed E-state index contributed by atoms with van der Waals surface area (Å²) in [6.45, 7) is 1.92. The van der Waals surface area contributed by atoms with E-state index in [0.29, 0.717) is 17.8 Å². The molecule has 0 spiro atoms. The van der Waals surface area contributed by atoms with Crippen molar-refractivity contribution in [3.05, 3.63) is 18.2 Å². The van der Waals surface area contributed by atoms with Gasteiger partial charge in [-0.25, -0.2) is 0 Å². The second-order valence-electron chi connectivity index (χ2n) is 3.07. The third-order valence-electron chi connectivity index (χ3n) is 1.77. The first-order chi connectivity index (χ1) is 6.63. The molecule has 4 heteroatoms. The van der Waals surface area contributed by atoms with Crippen molar-refractivity contribution in [1.82, 2.24) is 0 Å². The molecule has 0 unspecified atom stereocenters. The highest BCUT2D eigenvalue weighted by atomic mass is 16.3. The van der Waals surface area contributed by atoms with Crippen LogP contribution in [0.2, 0.25) is 0 Å². The Kier molecular flexibility index (Phi) is 3.34. The van der Waals surface area contributed by atoms with Crippen LogP contribution < -0.4 is 11.1 Å². The van der Waals surface area contributed by atoms with E-state index in [2.05, 4.69) is 5.32 Å². The van der Waals surface area contributed by atoms with Crippen LogP contribution >= 0.6 is 0 Å². The molecule has 0 aromatic heterocycles. The fourth-order valence-electron chi connectivity index (χ4n) is 1.09.